The maximum Gasteiger partial charge on any atom is 0.405 e. The van der Waals surface area contributed by atoms with Gasteiger partial charge >= 0.3 is 18.7 Å². The number of imidazole rings is 1. The zero-order valence-electron chi connectivity index (χ0n) is 15.5. The lowest BCUT2D eigenvalue weighted by Gasteiger charge is -2.20. The molecule has 1 N–H and O–H groups in total. The molecule has 0 unspecified atom stereocenters. The second-order valence-electron chi connectivity index (χ2n) is 6.33. The number of hydrogen-bond acceptors (Lipinski definition) is 4. The van der Waals surface area contributed by atoms with Gasteiger partial charge in [-0.25, -0.2) is 9.78 Å². The summed E-state index contributed by atoms with van der Waals surface area (Å²) in [5.41, 5.74) is 4.25. The fraction of sp³-hybridized carbons (Fsp3) is 0.211. The standard InChI is InChI=1S/C19H17F3N4O3/c1-12-6-17-23-8-16(25(17)9-13(12)2)14-4-3-5-15(7-14)26(29-11-27)18(28)24-10-19(20,21)22/h3-9,11H,10H2,1-2H3,(H,24,28). The highest BCUT2D eigenvalue weighted by molar-refractivity contribution is 5.91. The van der Waals surface area contributed by atoms with Gasteiger partial charge in [0.25, 0.3) is 0 Å². The molecule has 0 aliphatic heterocycles. The lowest BCUT2D eigenvalue weighted by molar-refractivity contribution is -0.129. The summed E-state index contributed by atoms with van der Waals surface area (Å²) in [4.78, 5) is 31.8. The first-order valence-electron chi connectivity index (χ1n) is 8.49. The minimum absolute atomic E-state index is 0.0415. The van der Waals surface area contributed by atoms with Gasteiger partial charge in [0.05, 0.1) is 17.6 Å². The number of halogens is 3. The number of urea groups is 1. The molecule has 0 radical (unpaired) electrons. The minimum Gasteiger partial charge on any atom is -0.335 e. The van der Waals surface area contributed by atoms with E-state index in [4.69, 9.17) is 0 Å². The quantitative estimate of drug-likeness (QED) is 0.517. The molecule has 1 aromatic carbocycles. The van der Waals surface area contributed by atoms with Gasteiger partial charge in [0.15, 0.2) is 0 Å². The number of carbonyl (C=O) groups is 2. The van der Waals surface area contributed by atoms with Crippen LogP contribution in [0.25, 0.3) is 16.9 Å². The molecule has 0 atom stereocenters. The Morgan fingerprint density at radius 3 is 2.72 bits per heavy atom. The number of alkyl halides is 3. The van der Waals surface area contributed by atoms with Crippen LogP contribution in [-0.4, -0.2) is 34.6 Å². The number of benzene rings is 1. The van der Waals surface area contributed by atoms with E-state index in [1.807, 2.05) is 30.5 Å². The monoisotopic (exact) mass is 406 g/mol. The fourth-order valence-electron chi connectivity index (χ4n) is 2.74. The van der Waals surface area contributed by atoms with Crippen LogP contribution < -0.4 is 10.4 Å². The highest BCUT2D eigenvalue weighted by Gasteiger charge is 2.30. The number of rotatable bonds is 5. The third-order valence-corrected chi connectivity index (χ3v) is 4.27. The number of hydroxylamine groups is 1. The average molecular weight is 406 g/mol. The minimum atomic E-state index is -4.60. The summed E-state index contributed by atoms with van der Waals surface area (Å²) < 4.78 is 39.0. The molecular weight excluding hydrogens is 389 g/mol. The maximum absolute atomic E-state index is 12.4. The molecule has 29 heavy (non-hydrogen) atoms. The summed E-state index contributed by atoms with van der Waals surface area (Å²) in [5.74, 6) is 0. The molecule has 3 aromatic rings. The van der Waals surface area contributed by atoms with Crippen molar-refractivity contribution in [3.05, 3.63) is 53.9 Å². The molecule has 10 heteroatoms. The van der Waals surface area contributed by atoms with E-state index in [-0.39, 0.29) is 12.2 Å². The number of pyridine rings is 1. The van der Waals surface area contributed by atoms with Gasteiger partial charge in [0.2, 0.25) is 0 Å². The topological polar surface area (TPSA) is 75.9 Å². The second-order valence-corrected chi connectivity index (χ2v) is 6.33. The predicted octanol–water partition coefficient (Wildman–Crippen LogP) is 3.78. The first-order valence-corrected chi connectivity index (χ1v) is 8.49. The van der Waals surface area contributed by atoms with E-state index in [1.165, 1.54) is 12.1 Å². The smallest absolute Gasteiger partial charge is 0.335 e. The van der Waals surface area contributed by atoms with Crippen molar-refractivity contribution in [3.63, 3.8) is 0 Å². The number of nitrogens with one attached hydrogen (secondary N) is 1. The van der Waals surface area contributed by atoms with Crippen LogP contribution in [0.5, 0.6) is 0 Å². The highest BCUT2D eigenvalue weighted by atomic mass is 19.4. The molecule has 0 saturated carbocycles. The van der Waals surface area contributed by atoms with Gasteiger partial charge in [-0.05, 0) is 43.2 Å². The summed E-state index contributed by atoms with van der Waals surface area (Å²) in [7, 11) is 0. The Labute approximate surface area is 163 Å². The Bertz CT molecular complexity index is 1060. The Morgan fingerprint density at radius 1 is 1.28 bits per heavy atom. The molecule has 0 saturated heterocycles. The zero-order chi connectivity index (χ0) is 21.2. The summed E-state index contributed by atoms with van der Waals surface area (Å²) in [5, 5.41) is 2.12. The van der Waals surface area contributed by atoms with E-state index >= 15 is 0 Å². The molecule has 152 valence electrons. The fourth-order valence-corrected chi connectivity index (χ4v) is 2.74. The number of fused-ring (bicyclic) bond motifs is 1. The summed E-state index contributed by atoms with van der Waals surface area (Å²) in [6.45, 7) is 2.33. The number of aromatic nitrogens is 2. The van der Waals surface area contributed by atoms with Crippen LogP contribution in [0.1, 0.15) is 11.1 Å². The summed E-state index contributed by atoms with van der Waals surface area (Å²) in [6.07, 6.45) is -1.05. The number of anilines is 1. The van der Waals surface area contributed by atoms with Crippen molar-refractivity contribution in [2.45, 2.75) is 20.0 Å². The lowest BCUT2D eigenvalue weighted by Crippen LogP contribution is -2.43. The van der Waals surface area contributed by atoms with Crippen molar-refractivity contribution < 1.29 is 27.6 Å². The van der Waals surface area contributed by atoms with Crippen molar-refractivity contribution >= 4 is 23.8 Å². The van der Waals surface area contributed by atoms with Crippen LogP contribution in [0.3, 0.4) is 0 Å². The SMILES string of the molecule is Cc1cc2ncc(-c3cccc(N(OC=O)C(=O)NCC(F)(F)F)c3)n2cc1C. The number of carbonyl (C=O) groups excluding carboxylic acids is 2. The van der Waals surface area contributed by atoms with Crippen molar-refractivity contribution in [2.24, 2.45) is 0 Å². The number of aryl methyl sites for hydroxylation is 2. The van der Waals surface area contributed by atoms with Crippen LogP contribution in [0.4, 0.5) is 23.7 Å². The molecule has 0 spiro atoms. The van der Waals surface area contributed by atoms with Gasteiger partial charge in [-0.2, -0.15) is 13.2 Å². The molecule has 2 heterocycles. The van der Waals surface area contributed by atoms with Gasteiger partial charge in [-0.1, -0.05) is 12.1 Å². The van der Waals surface area contributed by atoms with Gasteiger partial charge in [-0.15, -0.1) is 5.06 Å². The maximum atomic E-state index is 12.4. The largest absolute Gasteiger partial charge is 0.405 e. The Morgan fingerprint density at radius 2 is 2.03 bits per heavy atom. The molecule has 0 bridgehead atoms. The van der Waals surface area contributed by atoms with Crippen molar-refractivity contribution in [2.75, 3.05) is 11.6 Å². The zero-order valence-corrected chi connectivity index (χ0v) is 15.5. The van der Waals surface area contributed by atoms with Crippen molar-refractivity contribution in [3.8, 4) is 11.3 Å². The molecular formula is C19H17F3N4O3. The Balaban J connectivity index is 1.96. The normalized spacial score (nSPS) is 11.3. The molecule has 2 aromatic heterocycles. The lowest BCUT2D eigenvalue weighted by atomic mass is 10.1. The van der Waals surface area contributed by atoms with Gasteiger partial charge in [-0.3, -0.25) is 9.20 Å². The van der Waals surface area contributed by atoms with Crippen LogP contribution in [0.2, 0.25) is 0 Å². The Kier molecular flexibility index (Phi) is 5.44. The third kappa shape index (κ3) is 4.48. The van der Waals surface area contributed by atoms with Gasteiger partial charge in [0.1, 0.15) is 12.2 Å². The summed E-state index contributed by atoms with van der Waals surface area (Å²) in [6, 6.07) is 6.97. The molecule has 7 nitrogen and oxygen atoms in total. The third-order valence-electron chi connectivity index (χ3n) is 4.27. The highest BCUT2D eigenvalue weighted by Crippen LogP contribution is 2.27. The summed E-state index contributed by atoms with van der Waals surface area (Å²) >= 11 is 0. The van der Waals surface area contributed by atoms with Gasteiger partial charge < -0.3 is 10.2 Å². The number of hydrogen-bond donors (Lipinski definition) is 1. The van der Waals surface area contributed by atoms with Crippen molar-refractivity contribution in [1.29, 1.82) is 0 Å². The number of amides is 2. The number of nitrogens with zero attached hydrogens (tertiary/aromatic N) is 3. The molecule has 0 fully saturated rings. The first-order chi connectivity index (χ1) is 13.7. The van der Waals surface area contributed by atoms with Crippen LogP contribution >= 0.6 is 0 Å². The van der Waals surface area contributed by atoms with Crippen molar-refractivity contribution in [1.82, 2.24) is 14.7 Å². The van der Waals surface area contributed by atoms with E-state index < -0.39 is 18.8 Å². The van der Waals surface area contributed by atoms with E-state index in [2.05, 4.69) is 9.82 Å². The predicted molar refractivity (Wildman–Crippen MR) is 99.2 cm³/mol. The van der Waals surface area contributed by atoms with Gasteiger partial charge in [0, 0.05) is 11.8 Å². The van der Waals surface area contributed by atoms with E-state index in [9.17, 15) is 22.8 Å². The van der Waals surface area contributed by atoms with Crippen LogP contribution in [0, 0.1) is 13.8 Å². The molecule has 0 aliphatic carbocycles. The second kappa shape index (κ2) is 7.82. The first kappa shape index (κ1) is 20.2. The van der Waals surface area contributed by atoms with E-state index in [1.54, 1.807) is 23.6 Å². The molecule has 0 aliphatic rings. The average Bonchev–Trinajstić information content (AvgIpc) is 3.06. The van der Waals surface area contributed by atoms with E-state index in [0.29, 0.717) is 16.3 Å². The van der Waals surface area contributed by atoms with Crippen LogP contribution in [-0.2, 0) is 9.63 Å². The molecule has 3 rings (SSSR count). The van der Waals surface area contributed by atoms with Crippen LogP contribution in [0.15, 0.2) is 42.7 Å². The molecule has 2 amide bonds. The Hall–Kier alpha value is -3.56. The van der Waals surface area contributed by atoms with E-state index in [0.717, 1.165) is 16.8 Å².